The van der Waals surface area contributed by atoms with Crippen molar-refractivity contribution in [2.24, 2.45) is 5.73 Å². The van der Waals surface area contributed by atoms with Gasteiger partial charge < -0.3 is 15.6 Å². The van der Waals surface area contributed by atoms with Crippen LogP contribution in [0.2, 0.25) is 0 Å². The van der Waals surface area contributed by atoms with E-state index in [-0.39, 0.29) is 5.91 Å². The van der Waals surface area contributed by atoms with E-state index in [1.54, 1.807) is 12.3 Å². The Labute approximate surface area is 222 Å². The molecule has 2 amide bonds. The Morgan fingerprint density at radius 2 is 1.82 bits per heavy atom. The lowest BCUT2D eigenvalue weighted by atomic mass is 9.93. The van der Waals surface area contributed by atoms with Gasteiger partial charge in [0.2, 0.25) is 0 Å². The van der Waals surface area contributed by atoms with Gasteiger partial charge in [0.25, 0.3) is 11.8 Å². The van der Waals surface area contributed by atoms with E-state index in [9.17, 15) is 13.8 Å². The molecule has 0 spiro atoms. The highest BCUT2D eigenvalue weighted by Crippen LogP contribution is 2.41. The summed E-state index contributed by atoms with van der Waals surface area (Å²) >= 11 is 0. The molecule has 1 aliphatic heterocycles. The summed E-state index contributed by atoms with van der Waals surface area (Å²) in [6.07, 6.45) is 1.59. The number of nitrogens with one attached hydrogen (secondary N) is 2. The quantitative estimate of drug-likeness (QED) is 0.294. The molecule has 7 nitrogen and oxygen atoms in total. The largest absolute Gasteiger partial charge is 0.366 e. The third-order valence-corrected chi connectivity index (χ3v) is 7.82. The van der Waals surface area contributed by atoms with Gasteiger partial charge >= 0.3 is 0 Å². The molecule has 1 unspecified atom stereocenters. The number of aromatic nitrogens is 1. The van der Waals surface area contributed by atoms with Crippen LogP contribution in [0.3, 0.4) is 0 Å². The van der Waals surface area contributed by atoms with Gasteiger partial charge in [0, 0.05) is 40.3 Å². The van der Waals surface area contributed by atoms with Gasteiger partial charge in [0.1, 0.15) is 0 Å². The summed E-state index contributed by atoms with van der Waals surface area (Å²) in [7, 11) is -1.12. The van der Waals surface area contributed by atoms with E-state index >= 15 is 0 Å². The zero-order chi connectivity index (χ0) is 26.6. The molecule has 0 aliphatic carbocycles. The van der Waals surface area contributed by atoms with Crippen LogP contribution in [-0.2, 0) is 24.1 Å². The first-order chi connectivity index (χ1) is 18.3. The number of benzene rings is 4. The number of hydrogen-bond acceptors (Lipinski definition) is 3. The van der Waals surface area contributed by atoms with Gasteiger partial charge in [-0.2, -0.15) is 0 Å². The molecule has 4 N–H and O–H groups in total. The molecular weight excluding hydrogens is 496 g/mol. The first-order valence-electron chi connectivity index (χ1n) is 12.3. The number of amides is 2. The average molecular weight is 523 g/mol. The number of nitrogens with two attached hydrogens (primary N) is 1. The van der Waals surface area contributed by atoms with E-state index in [2.05, 4.69) is 9.71 Å². The summed E-state index contributed by atoms with van der Waals surface area (Å²) in [5, 5.41) is 1.85. The maximum absolute atomic E-state index is 13.2. The van der Waals surface area contributed by atoms with E-state index in [1.165, 1.54) is 0 Å². The van der Waals surface area contributed by atoms with Gasteiger partial charge in [-0.1, -0.05) is 48.5 Å². The van der Waals surface area contributed by atoms with E-state index in [0.29, 0.717) is 24.2 Å². The number of primary amides is 1. The molecule has 0 fully saturated rings. The molecule has 5 aromatic rings. The lowest BCUT2D eigenvalue weighted by molar-refractivity contribution is 0.0990. The Morgan fingerprint density at radius 3 is 2.58 bits per heavy atom. The van der Waals surface area contributed by atoms with E-state index in [4.69, 9.17) is 5.73 Å². The van der Waals surface area contributed by atoms with Crippen molar-refractivity contribution < 1.29 is 13.8 Å². The predicted molar refractivity (Wildman–Crippen MR) is 152 cm³/mol. The highest BCUT2D eigenvalue weighted by atomic mass is 32.2. The Hall–Kier alpha value is -4.27. The second-order valence-corrected chi connectivity index (χ2v) is 10.8. The third-order valence-electron chi connectivity index (χ3n) is 7.27. The second-order valence-electron chi connectivity index (χ2n) is 9.55. The van der Waals surface area contributed by atoms with Crippen molar-refractivity contribution in [1.82, 2.24) is 9.71 Å². The smallest absolute Gasteiger partial charge is 0.258 e. The molecule has 4 aromatic carbocycles. The van der Waals surface area contributed by atoms with Crippen molar-refractivity contribution in [1.29, 1.82) is 0 Å². The fourth-order valence-corrected chi connectivity index (χ4v) is 5.81. The lowest BCUT2D eigenvalue weighted by Crippen LogP contribution is -2.24. The molecule has 6 rings (SSSR count). The van der Waals surface area contributed by atoms with Gasteiger partial charge in [-0.3, -0.25) is 9.59 Å². The minimum atomic E-state index is -1.12. The SMILES string of the molecule is Cc1c(-c2ccc(C(N)=O)c3[nH]c4cc(CNS(C)=O)ccc4c23)cccc1N1Cc2ccccc2C1=O. The van der Waals surface area contributed by atoms with Crippen molar-refractivity contribution in [2.75, 3.05) is 11.2 Å². The monoisotopic (exact) mass is 522 g/mol. The van der Waals surface area contributed by atoms with Crippen molar-refractivity contribution in [3.63, 3.8) is 0 Å². The molecular formula is C30H26N4O3S. The zero-order valence-corrected chi connectivity index (χ0v) is 21.8. The maximum atomic E-state index is 13.2. The summed E-state index contributed by atoms with van der Waals surface area (Å²) in [6, 6.07) is 23.4. The first-order valence-corrected chi connectivity index (χ1v) is 13.8. The van der Waals surface area contributed by atoms with Gasteiger partial charge in [0.15, 0.2) is 0 Å². The second kappa shape index (κ2) is 9.24. The topological polar surface area (TPSA) is 108 Å². The maximum Gasteiger partial charge on any atom is 0.258 e. The molecule has 190 valence electrons. The number of aromatic amines is 1. The molecule has 0 radical (unpaired) electrons. The van der Waals surface area contributed by atoms with Crippen LogP contribution in [0, 0.1) is 6.92 Å². The van der Waals surface area contributed by atoms with Crippen LogP contribution in [0.5, 0.6) is 0 Å². The highest BCUT2D eigenvalue weighted by molar-refractivity contribution is 7.82. The van der Waals surface area contributed by atoms with E-state index in [0.717, 1.165) is 55.4 Å². The van der Waals surface area contributed by atoms with Gasteiger partial charge in [0.05, 0.1) is 28.6 Å². The van der Waals surface area contributed by atoms with E-state index < -0.39 is 16.9 Å². The van der Waals surface area contributed by atoms with Gasteiger partial charge in [-0.25, -0.2) is 8.93 Å². The molecule has 1 aliphatic rings. The van der Waals surface area contributed by atoms with Crippen molar-refractivity contribution in [2.45, 2.75) is 20.0 Å². The molecule has 2 heterocycles. The Balaban J connectivity index is 1.52. The number of rotatable bonds is 6. The van der Waals surface area contributed by atoms with Crippen LogP contribution in [0.15, 0.2) is 72.8 Å². The normalized spacial score (nSPS) is 13.8. The van der Waals surface area contributed by atoms with Crippen molar-refractivity contribution in [3.05, 3.63) is 101 Å². The van der Waals surface area contributed by atoms with Crippen molar-refractivity contribution in [3.8, 4) is 11.1 Å². The number of anilines is 1. The highest BCUT2D eigenvalue weighted by Gasteiger charge is 2.29. The molecule has 0 bridgehead atoms. The molecule has 1 atom stereocenters. The number of carbonyl (C=O) groups excluding carboxylic acids is 2. The van der Waals surface area contributed by atoms with E-state index in [1.807, 2.05) is 78.6 Å². The molecule has 0 saturated carbocycles. The Morgan fingerprint density at radius 1 is 1.03 bits per heavy atom. The summed E-state index contributed by atoms with van der Waals surface area (Å²) in [6.45, 7) is 3.01. The fraction of sp³-hybridized carbons (Fsp3) is 0.133. The molecule has 38 heavy (non-hydrogen) atoms. The van der Waals surface area contributed by atoms with Crippen LogP contribution in [0.25, 0.3) is 32.9 Å². The minimum Gasteiger partial charge on any atom is -0.366 e. The summed E-state index contributed by atoms with van der Waals surface area (Å²) in [4.78, 5) is 30.8. The standard InChI is InChI=1S/C30H26N4O3S/c1-17-20(8-5-9-26(17)34-16-19-6-3-4-7-21(19)30(34)36)22-12-13-24(29(31)35)28-27(22)23-11-10-18(14-25(23)33-28)15-32-38(2)37/h3-14,32-33H,15-16H2,1-2H3,(H2,31,35). The van der Waals surface area contributed by atoms with Crippen molar-refractivity contribution >= 4 is 50.3 Å². The third kappa shape index (κ3) is 3.89. The van der Waals surface area contributed by atoms with Gasteiger partial charge in [-0.15, -0.1) is 0 Å². The molecule has 8 heteroatoms. The summed E-state index contributed by atoms with van der Waals surface area (Å²) < 4.78 is 14.4. The number of hydrogen-bond donors (Lipinski definition) is 3. The van der Waals surface area contributed by atoms with Crippen LogP contribution in [0.4, 0.5) is 5.69 Å². The average Bonchev–Trinajstić information content (AvgIpc) is 3.45. The van der Waals surface area contributed by atoms with Crippen LogP contribution in [-0.4, -0.2) is 27.3 Å². The minimum absolute atomic E-state index is 0.00341. The van der Waals surface area contributed by atoms with Crippen LogP contribution >= 0.6 is 0 Å². The van der Waals surface area contributed by atoms with Gasteiger partial charge in [-0.05, 0) is 59.0 Å². The zero-order valence-electron chi connectivity index (χ0n) is 21.0. The Bertz CT molecular complexity index is 1810. The summed E-state index contributed by atoms with van der Waals surface area (Å²) in [5.41, 5.74) is 14.2. The Kier molecular flexibility index (Phi) is 5.86. The predicted octanol–water partition coefficient (Wildman–Crippen LogP) is 4.94. The molecule has 0 saturated heterocycles. The number of nitrogens with zero attached hydrogens (tertiary/aromatic N) is 1. The number of H-pyrrole nitrogens is 1. The fourth-order valence-electron chi connectivity index (χ4n) is 5.44. The summed E-state index contributed by atoms with van der Waals surface area (Å²) in [5.74, 6) is -0.515. The first kappa shape index (κ1) is 24.1. The lowest BCUT2D eigenvalue weighted by Gasteiger charge is -2.21. The number of carbonyl (C=O) groups is 2. The van der Waals surface area contributed by atoms with Crippen LogP contribution < -0.4 is 15.4 Å². The molecule has 1 aromatic heterocycles. The van der Waals surface area contributed by atoms with Crippen LogP contribution in [0.1, 0.15) is 37.4 Å². The number of fused-ring (bicyclic) bond motifs is 4.